The number of rotatable bonds is 7. The van der Waals surface area contributed by atoms with Crippen LogP contribution in [0.25, 0.3) is 0 Å². The number of hydrogen-bond acceptors (Lipinski definition) is 5. The summed E-state index contributed by atoms with van der Waals surface area (Å²) in [4.78, 5) is 16.9. The molecular formula is C16H33N3O2. The molecule has 0 amide bonds. The van der Waals surface area contributed by atoms with Crippen LogP contribution < -0.4 is 5.32 Å². The van der Waals surface area contributed by atoms with E-state index >= 15 is 0 Å². The number of ether oxygens (including phenoxy) is 1. The van der Waals surface area contributed by atoms with Crippen molar-refractivity contribution >= 4 is 5.97 Å². The molecule has 1 aliphatic heterocycles. The number of carbonyl (C=O) groups is 1. The second-order valence-electron chi connectivity index (χ2n) is 6.54. The lowest BCUT2D eigenvalue weighted by molar-refractivity contribution is -0.146. The summed E-state index contributed by atoms with van der Waals surface area (Å²) in [7, 11) is 2.19. The first-order chi connectivity index (χ1) is 9.85. The van der Waals surface area contributed by atoms with Gasteiger partial charge in [-0.15, -0.1) is 0 Å². The van der Waals surface area contributed by atoms with Crippen molar-refractivity contribution < 1.29 is 9.53 Å². The van der Waals surface area contributed by atoms with Crippen molar-refractivity contribution in [3.8, 4) is 0 Å². The number of nitrogens with zero attached hydrogens (tertiary/aromatic N) is 2. The second kappa shape index (κ2) is 8.71. The van der Waals surface area contributed by atoms with Crippen molar-refractivity contribution in [3.05, 3.63) is 0 Å². The Morgan fingerprint density at radius 2 is 1.86 bits per heavy atom. The van der Waals surface area contributed by atoms with E-state index in [2.05, 4.69) is 49.9 Å². The van der Waals surface area contributed by atoms with Gasteiger partial charge >= 0.3 is 5.97 Å². The fraction of sp³-hybridized carbons (Fsp3) is 0.938. The molecule has 1 fully saturated rings. The molecule has 5 heteroatoms. The number of carbonyl (C=O) groups excluding carboxylic acids is 1. The topological polar surface area (TPSA) is 44.8 Å². The minimum atomic E-state index is -0.199. The summed E-state index contributed by atoms with van der Waals surface area (Å²) < 4.78 is 5.18. The predicted octanol–water partition coefficient (Wildman–Crippen LogP) is 1.33. The lowest BCUT2D eigenvalue weighted by Gasteiger charge is -2.42. The third-order valence-corrected chi connectivity index (χ3v) is 4.27. The van der Waals surface area contributed by atoms with Crippen molar-refractivity contribution in [2.24, 2.45) is 0 Å². The average Bonchev–Trinajstić information content (AvgIpc) is 2.40. The van der Waals surface area contributed by atoms with E-state index in [0.29, 0.717) is 18.7 Å². The zero-order valence-corrected chi connectivity index (χ0v) is 14.6. The molecule has 3 atom stereocenters. The summed E-state index contributed by atoms with van der Waals surface area (Å²) in [5, 5.41) is 3.32. The van der Waals surface area contributed by atoms with Crippen LogP contribution in [0.15, 0.2) is 0 Å². The van der Waals surface area contributed by atoms with Crippen molar-refractivity contribution in [3.63, 3.8) is 0 Å². The van der Waals surface area contributed by atoms with Crippen LogP contribution in [0.2, 0.25) is 0 Å². The number of nitrogens with one attached hydrogen (secondary N) is 1. The minimum Gasteiger partial charge on any atom is -0.465 e. The Labute approximate surface area is 130 Å². The maximum absolute atomic E-state index is 12.0. The summed E-state index contributed by atoms with van der Waals surface area (Å²) in [6, 6.07) is 1.21. The molecule has 0 aromatic rings. The number of likely N-dealkylation sites (N-methyl/N-ethyl adjacent to an activating group) is 1. The standard InChI is InChI=1S/C16H33N3O2/c1-7-21-16(20)15(17-12(2)3)8-9-19-10-13(4)18(6)14(5)11-19/h12-15,17H,7-11H2,1-6H3. The fourth-order valence-corrected chi connectivity index (χ4v) is 2.92. The van der Waals surface area contributed by atoms with Crippen molar-refractivity contribution in [2.45, 2.75) is 65.2 Å². The molecule has 1 aliphatic rings. The Morgan fingerprint density at radius 3 is 2.33 bits per heavy atom. The zero-order valence-electron chi connectivity index (χ0n) is 14.6. The van der Waals surface area contributed by atoms with Gasteiger partial charge in [0.1, 0.15) is 6.04 Å². The van der Waals surface area contributed by atoms with Crippen LogP contribution in [0.4, 0.5) is 0 Å². The molecular weight excluding hydrogens is 266 g/mol. The van der Waals surface area contributed by atoms with Gasteiger partial charge in [-0.1, -0.05) is 13.8 Å². The van der Waals surface area contributed by atoms with Gasteiger partial charge in [0.05, 0.1) is 6.61 Å². The van der Waals surface area contributed by atoms with Crippen LogP contribution in [0, 0.1) is 0 Å². The molecule has 0 aliphatic carbocycles. The highest BCUT2D eigenvalue weighted by molar-refractivity contribution is 5.75. The number of hydrogen-bond donors (Lipinski definition) is 1. The van der Waals surface area contributed by atoms with Gasteiger partial charge in [-0.25, -0.2) is 0 Å². The molecule has 21 heavy (non-hydrogen) atoms. The maximum atomic E-state index is 12.0. The van der Waals surface area contributed by atoms with Crippen LogP contribution in [0.5, 0.6) is 0 Å². The third kappa shape index (κ3) is 5.93. The number of piperazine rings is 1. The summed E-state index contributed by atoms with van der Waals surface area (Å²) >= 11 is 0. The van der Waals surface area contributed by atoms with Crippen LogP contribution in [0.1, 0.15) is 41.0 Å². The Balaban J connectivity index is 2.50. The van der Waals surface area contributed by atoms with Gasteiger partial charge in [-0.2, -0.15) is 0 Å². The molecule has 124 valence electrons. The van der Waals surface area contributed by atoms with E-state index in [-0.39, 0.29) is 18.1 Å². The Bertz CT molecular complexity index is 311. The van der Waals surface area contributed by atoms with E-state index in [9.17, 15) is 4.79 Å². The van der Waals surface area contributed by atoms with Gasteiger partial charge in [0, 0.05) is 37.8 Å². The maximum Gasteiger partial charge on any atom is 0.323 e. The van der Waals surface area contributed by atoms with E-state index in [4.69, 9.17) is 4.74 Å². The van der Waals surface area contributed by atoms with Crippen molar-refractivity contribution in [1.29, 1.82) is 0 Å². The highest BCUT2D eigenvalue weighted by Crippen LogP contribution is 2.14. The predicted molar refractivity (Wildman–Crippen MR) is 86.4 cm³/mol. The molecule has 0 aromatic heterocycles. The van der Waals surface area contributed by atoms with E-state index in [1.54, 1.807) is 0 Å². The highest BCUT2D eigenvalue weighted by atomic mass is 16.5. The zero-order chi connectivity index (χ0) is 16.0. The van der Waals surface area contributed by atoms with Crippen LogP contribution in [0.3, 0.4) is 0 Å². The lowest BCUT2D eigenvalue weighted by Crippen LogP contribution is -2.55. The van der Waals surface area contributed by atoms with Gasteiger partial charge in [-0.3, -0.25) is 9.69 Å². The van der Waals surface area contributed by atoms with Crippen LogP contribution in [-0.4, -0.2) is 73.2 Å². The Kier molecular flexibility index (Phi) is 7.63. The molecule has 3 unspecified atom stereocenters. The van der Waals surface area contributed by atoms with Gasteiger partial charge < -0.3 is 15.0 Å². The van der Waals surface area contributed by atoms with Crippen molar-refractivity contribution in [2.75, 3.05) is 33.3 Å². The Hall–Kier alpha value is -0.650. The Morgan fingerprint density at radius 1 is 1.29 bits per heavy atom. The fourth-order valence-electron chi connectivity index (χ4n) is 2.92. The first-order valence-electron chi connectivity index (χ1n) is 8.22. The molecule has 0 spiro atoms. The molecule has 1 N–H and O–H groups in total. The first kappa shape index (κ1) is 18.4. The van der Waals surface area contributed by atoms with Crippen molar-refractivity contribution in [1.82, 2.24) is 15.1 Å². The SMILES string of the molecule is CCOC(=O)C(CCN1CC(C)N(C)C(C)C1)NC(C)C. The molecule has 1 rings (SSSR count). The molecule has 1 saturated heterocycles. The summed E-state index contributed by atoms with van der Waals surface area (Å²) in [6.45, 7) is 14.0. The second-order valence-corrected chi connectivity index (χ2v) is 6.54. The van der Waals surface area contributed by atoms with Gasteiger partial charge in [0.25, 0.3) is 0 Å². The molecule has 1 heterocycles. The summed E-state index contributed by atoms with van der Waals surface area (Å²) in [5.41, 5.74) is 0. The monoisotopic (exact) mass is 299 g/mol. The van der Waals surface area contributed by atoms with Gasteiger partial charge in [0.15, 0.2) is 0 Å². The first-order valence-corrected chi connectivity index (χ1v) is 8.22. The number of esters is 1. The minimum absolute atomic E-state index is 0.124. The van der Waals surface area contributed by atoms with E-state index < -0.39 is 0 Å². The summed E-state index contributed by atoms with van der Waals surface area (Å²) in [6.07, 6.45) is 0.806. The molecule has 0 aromatic carbocycles. The third-order valence-electron chi connectivity index (χ3n) is 4.27. The van der Waals surface area contributed by atoms with Crippen LogP contribution in [-0.2, 0) is 9.53 Å². The van der Waals surface area contributed by atoms with Crippen LogP contribution >= 0.6 is 0 Å². The molecule has 0 radical (unpaired) electrons. The highest BCUT2D eigenvalue weighted by Gasteiger charge is 2.28. The van der Waals surface area contributed by atoms with Gasteiger partial charge in [-0.05, 0) is 34.2 Å². The van der Waals surface area contributed by atoms with E-state index in [1.807, 2.05) is 6.92 Å². The summed E-state index contributed by atoms with van der Waals surface area (Å²) in [5.74, 6) is -0.124. The quantitative estimate of drug-likeness (QED) is 0.719. The molecule has 0 bridgehead atoms. The largest absolute Gasteiger partial charge is 0.465 e. The smallest absolute Gasteiger partial charge is 0.323 e. The van der Waals surface area contributed by atoms with E-state index in [0.717, 1.165) is 26.1 Å². The van der Waals surface area contributed by atoms with Gasteiger partial charge in [0.2, 0.25) is 0 Å². The molecule has 0 saturated carbocycles. The lowest BCUT2D eigenvalue weighted by atomic mass is 10.1. The van der Waals surface area contributed by atoms with E-state index in [1.165, 1.54) is 0 Å². The normalized spacial score (nSPS) is 26.0. The average molecular weight is 299 g/mol. The molecule has 5 nitrogen and oxygen atoms in total.